The molecule has 0 aromatic carbocycles. The molecular weight excluding hydrogens is 194 g/mol. The second-order valence-electron chi connectivity index (χ2n) is 3.49. The Morgan fingerprint density at radius 3 is 2.57 bits per heavy atom. The molecule has 0 saturated heterocycles. The van der Waals surface area contributed by atoms with E-state index in [0.29, 0.717) is 12.0 Å². The van der Waals surface area contributed by atoms with Crippen molar-refractivity contribution in [1.29, 1.82) is 0 Å². The monoisotopic (exact) mass is 213 g/mol. The Labute approximate surface area is 90.1 Å². The summed E-state index contributed by atoms with van der Waals surface area (Å²) >= 11 is 1.54. The Morgan fingerprint density at radius 2 is 2.14 bits per heavy atom. The minimum atomic E-state index is 0.461. The molecule has 0 saturated carbocycles. The number of aryl methyl sites for hydroxylation is 1. The van der Waals surface area contributed by atoms with E-state index in [1.807, 2.05) is 7.05 Å². The molecule has 0 fully saturated rings. The van der Waals surface area contributed by atoms with Gasteiger partial charge >= 0.3 is 0 Å². The summed E-state index contributed by atoms with van der Waals surface area (Å²) in [6.07, 6.45) is 2.05. The summed E-state index contributed by atoms with van der Waals surface area (Å²) in [7, 11) is 2.01. The molecule has 1 N–H and O–H groups in total. The number of rotatable bonds is 5. The van der Waals surface area contributed by atoms with Crippen molar-refractivity contribution in [2.75, 3.05) is 7.05 Å². The molecule has 2 unspecified atom stereocenters. The van der Waals surface area contributed by atoms with Gasteiger partial charge < -0.3 is 5.32 Å². The molecule has 0 bridgehead atoms. The summed E-state index contributed by atoms with van der Waals surface area (Å²) in [6, 6.07) is 0.507. The average Bonchev–Trinajstić information content (AvgIpc) is 2.67. The summed E-state index contributed by atoms with van der Waals surface area (Å²) in [5, 5.41) is 4.47. The van der Waals surface area contributed by atoms with E-state index in [2.05, 4.69) is 35.4 Å². The molecule has 1 rings (SSSR count). The van der Waals surface area contributed by atoms with Crippen molar-refractivity contribution in [3.05, 3.63) is 10.8 Å². The maximum Gasteiger partial charge on any atom is 0.142 e. The van der Waals surface area contributed by atoms with Gasteiger partial charge in [0, 0.05) is 18.4 Å². The topological polar surface area (TPSA) is 37.8 Å². The lowest BCUT2D eigenvalue weighted by molar-refractivity contribution is 0.471. The minimum Gasteiger partial charge on any atom is -0.316 e. The van der Waals surface area contributed by atoms with Crippen LogP contribution in [0.1, 0.15) is 43.9 Å². The molecule has 1 aromatic heterocycles. The van der Waals surface area contributed by atoms with Crippen molar-refractivity contribution in [1.82, 2.24) is 14.7 Å². The fourth-order valence-electron chi connectivity index (χ4n) is 1.58. The number of hydrogen-bond acceptors (Lipinski definition) is 4. The summed E-state index contributed by atoms with van der Waals surface area (Å²) in [5.41, 5.74) is 0. The molecule has 1 aromatic rings. The summed E-state index contributed by atoms with van der Waals surface area (Å²) in [4.78, 5) is 4.51. The van der Waals surface area contributed by atoms with Crippen LogP contribution in [-0.4, -0.2) is 22.4 Å². The van der Waals surface area contributed by atoms with E-state index in [0.717, 1.165) is 23.7 Å². The van der Waals surface area contributed by atoms with Gasteiger partial charge in [0.25, 0.3) is 0 Å². The maximum atomic E-state index is 4.51. The third-order valence-electron chi connectivity index (χ3n) is 2.60. The van der Waals surface area contributed by atoms with Crippen molar-refractivity contribution in [2.24, 2.45) is 0 Å². The quantitative estimate of drug-likeness (QED) is 0.815. The van der Waals surface area contributed by atoms with Gasteiger partial charge in [0.2, 0.25) is 0 Å². The minimum absolute atomic E-state index is 0.461. The Bertz CT molecular complexity index is 268. The van der Waals surface area contributed by atoms with E-state index < -0.39 is 0 Å². The van der Waals surface area contributed by atoms with Gasteiger partial charge in [-0.25, -0.2) is 4.98 Å². The smallest absolute Gasteiger partial charge is 0.142 e. The van der Waals surface area contributed by atoms with Crippen molar-refractivity contribution in [2.45, 2.75) is 45.6 Å². The van der Waals surface area contributed by atoms with Gasteiger partial charge in [0.15, 0.2) is 0 Å². The fourth-order valence-corrected chi connectivity index (χ4v) is 2.42. The lowest BCUT2D eigenvalue weighted by Crippen LogP contribution is -2.29. The highest BCUT2D eigenvalue weighted by Gasteiger charge is 2.18. The number of nitrogens with one attached hydrogen (secondary N) is 1. The molecule has 3 nitrogen and oxygen atoms in total. The molecular formula is C10H19N3S. The van der Waals surface area contributed by atoms with Crippen molar-refractivity contribution in [3.63, 3.8) is 0 Å². The SMILES string of the molecule is CCc1nsc(C(C)C(CC)NC)n1. The van der Waals surface area contributed by atoms with E-state index in [1.54, 1.807) is 11.5 Å². The zero-order chi connectivity index (χ0) is 10.6. The standard InChI is InChI=1S/C10H19N3S/c1-5-8(11-4)7(3)10-12-9(6-2)13-14-10/h7-8,11H,5-6H2,1-4H3. The Kier molecular flexibility index (Phi) is 4.48. The van der Waals surface area contributed by atoms with E-state index in [-0.39, 0.29) is 0 Å². The molecule has 80 valence electrons. The van der Waals surface area contributed by atoms with E-state index in [1.165, 1.54) is 0 Å². The van der Waals surface area contributed by atoms with Crippen LogP contribution in [0.2, 0.25) is 0 Å². The lowest BCUT2D eigenvalue weighted by atomic mass is 10.0. The Hall–Kier alpha value is -0.480. The number of aromatic nitrogens is 2. The van der Waals surface area contributed by atoms with Gasteiger partial charge in [-0.3, -0.25) is 0 Å². The van der Waals surface area contributed by atoms with Crippen molar-refractivity contribution < 1.29 is 0 Å². The molecule has 0 radical (unpaired) electrons. The molecule has 0 aliphatic heterocycles. The van der Waals surface area contributed by atoms with Crippen LogP contribution in [-0.2, 0) is 6.42 Å². The van der Waals surface area contributed by atoms with Crippen LogP contribution in [0, 0.1) is 0 Å². The average molecular weight is 213 g/mol. The zero-order valence-electron chi connectivity index (χ0n) is 9.37. The summed E-state index contributed by atoms with van der Waals surface area (Å²) in [6.45, 7) is 6.50. The molecule has 0 spiro atoms. The highest BCUT2D eigenvalue weighted by molar-refractivity contribution is 7.05. The first-order valence-corrected chi connectivity index (χ1v) is 5.99. The van der Waals surface area contributed by atoms with Gasteiger partial charge in [-0.05, 0) is 25.0 Å². The van der Waals surface area contributed by atoms with Gasteiger partial charge in [0.05, 0.1) is 0 Å². The van der Waals surface area contributed by atoms with Gasteiger partial charge in [-0.2, -0.15) is 4.37 Å². The predicted octanol–water partition coefficient (Wildman–Crippen LogP) is 2.20. The zero-order valence-corrected chi connectivity index (χ0v) is 10.2. The first kappa shape index (κ1) is 11.6. The van der Waals surface area contributed by atoms with E-state index in [4.69, 9.17) is 0 Å². The number of nitrogens with zero attached hydrogens (tertiary/aromatic N) is 2. The fraction of sp³-hybridized carbons (Fsp3) is 0.800. The van der Waals surface area contributed by atoms with Crippen LogP contribution in [0.3, 0.4) is 0 Å². The van der Waals surface area contributed by atoms with Crippen molar-refractivity contribution >= 4 is 11.5 Å². The normalized spacial score (nSPS) is 15.4. The van der Waals surface area contributed by atoms with Crippen LogP contribution in [0.4, 0.5) is 0 Å². The predicted molar refractivity (Wildman–Crippen MR) is 60.8 cm³/mol. The molecule has 1 heterocycles. The summed E-state index contributed by atoms with van der Waals surface area (Å²) in [5.74, 6) is 1.44. The van der Waals surface area contributed by atoms with Gasteiger partial charge in [-0.15, -0.1) is 0 Å². The van der Waals surface area contributed by atoms with Crippen LogP contribution in [0.15, 0.2) is 0 Å². The van der Waals surface area contributed by atoms with Crippen LogP contribution in [0.25, 0.3) is 0 Å². The van der Waals surface area contributed by atoms with Crippen LogP contribution in [0.5, 0.6) is 0 Å². The largest absolute Gasteiger partial charge is 0.316 e. The van der Waals surface area contributed by atoms with E-state index >= 15 is 0 Å². The molecule has 0 aliphatic rings. The molecule has 2 atom stereocenters. The van der Waals surface area contributed by atoms with E-state index in [9.17, 15) is 0 Å². The molecule has 0 amide bonds. The van der Waals surface area contributed by atoms with Gasteiger partial charge in [0.1, 0.15) is 10.8 Å². The lowest BCUT2D eigenvalue weighted by Gasteiger charge is -2.19. The van der Waals surface area contributed by atoms with Crippen molar-refractivity contribution in [3.8, 4) is 0 Å². The second-order valence-corrected chi connectivity index (χ2v) is 4.28. The number of likely N-dealkylation sites (N-methyl/N-ethyl adjacent to an activating group) is 1. The molecule has 0 aliphatic carbocycles. The molecule has 14 heavy (non-hydrogen) atoms. The Morgan fingerprint density at radius 1 is 1.43 bits per heavy atom. The third kappa shape index (κ3) is 2.51. The maximum absolute atomic E-state index is 4.51. The first-order valence-electron chi connectivity index (χ1n) is 5.22. The number of hydrogen-bond donors (Lipinski definition) is 1. The first-order chi connectivity index (χ1) is 6.72. The van der Waals surface area contributed by atoms with Gasteiger partial charge in [-0.1, -0.05) is 20.8 Å². The highest BCUT2D eigenvalue weighted by Crippen LogP contribution is 2.22. The van der Waals surface area contributed by atoms with Crippen LogP contribution < -0.4 is 5.32 Å². The molecule has 4 heteroatoms. The second kappa shape index (κ2) is 5.41. The summed E-state index contributed by atoms with van der Waals surface area (Å²) < 4.78 is 4.31. The van der Waals surface area contributed by atoms with Crippen LogP contribution >= 0.6 is 11.5 Å². The third-order valence-corrected chi connectivity index (χ3v) is 3.56. The Balaban J connectivity index is 2.72. The highest BCUT2D eigenvalue weighted by atomic mass is 32.1.